The van der Waals surface area contributed by atoms with Gasteiger partial charge in [0.25, 0.3) is 11.5 Å². The van der Waals surface area contributed by atoms with Crippen molar-refractivity contribution in [2.24, 2.45) is 0 Å². The van der Waals surface area contributed by atoms with Crippen molar-refractivity contribution in [1.29, 1.82) is 0 Å². The molecule has 0 aliphatic carbocycles. The Morgan fingerprint density at radius 3 is 2.74 bits per heavy atom. The van der Waals surface area contributed by atoms with Crippen molar-refractivity contribution >= 4 is 39.1 Å². The van der Waals surface area contributed by atoms with Crippen LogP contribution in [0.5, 0.6) is 0 Å². The van der Waals surface area contributed by atoms with Gasteiger partial charge in [0.1, 0.15) is 27.2 Å². The third-order valence-corrected chi connectivity index (χ3v) is 4.81. The molecule has 1 amide bonds. The minimum atomic E-state index is -0.948. The summed E-state index contributed by atoms with van der Waals surface area (Å²) in [6, 6.07) is 2.66. The van der Waals surface area contributed by atoms with E-state index in [2.05, 4.69) is 15.3 Å². The molecule has 140 valence electrons. The van der Waals surface area contributed by atoms with E-state index >= 15 is 0 Å². The van der Waals surface area contributed by atoms with Crippen LogP contribution in [0.2, 0.25) is 0 Å². The number of aryl methyl sites for hydroxylation is 2. The first-order valence-corrected chi connectivity index (χ1v) is 8.50. The predicted octanol–water partition coefficient (Wildman–Crippen LogP) is 2.68. The van der Waals surface area contributed by atoms with Gasteiger partial charge in [-0.05, 0) is 31.5 Å². The first-order chi connectivity index (χ1) is 12.8. The Kier molecular flexibility index (Phi) is 5.00. The number of rotatable bonds is 4. The molecule has 3 aromatic rings. The van der Waals surface area contributed by atoms with Gasteiger partial charge in [-0.1, -0.05) is 0 Å². The van der Waals surface area contributed by atoms with Crippen LogP contribution in [0, 0.1) is 25.5 Å². The normalized spacial score (nSPS) is 10.8. The van der Waals surface area contributed by atoms with Crippen LogP contribution in [0.3, 0.4) is 0 Å². The van der Waals surface area contributed by atoms with E-state index in [9.17, 15) is 23.2 Å². The number of halogens is 2. The van der Waals surface area contributed by atoms with Gasteiger partial charge >= 0.3 is 5.97 Å². The van der Waals surface area contributed by atoms with Gasteiger partial charge in [0.2, 0.25) is 0 Å². The van der Waals surface area contributed by atoms with Crippen molar-refractivity contribution in [2.75, 3.05) is 11.9 Å². The molecule has 0 spiro atoms. The monoisotopic (exact) mass is 393 g/mol. The van der Waals surface area contributed by atoms with E-state index < -0.39 is 30.1 Å². The molecule has 1 aromatic carbocycles. The summed E-state index contributed by atoms with van der Waals surface area (Å²) in [6.45, 7) is 2.52. The molecule has 0 fully saturated rings. The maximum absolute atomic E-state index is 13.5. The summed E-state index contributed by atoms with van der Waals surface area (Å²) in [5, 5.41) is 2.47. The number of benzene rings is 1. The first kappa shape index (κ1) is 18.6. The summed E-state index contributed by atoms with van der Waals surface area (Å²) in [5.74, 6) is -2.91. The third-order valence-electron chi connectivity index (χ3n) is 3.64. The number of hydrogen-bond donors (Lipinski definition) is 2. The Morgan fingerprint density at radius 1 is 1.30 bits per heavy atom. The number of ether oxygens (including phenoxy) is 1. The first-order valence-electron chi connectivity index (χ1n) is 7.68. The van der Waals surface area contributed by atoms with Crippen molar-refractivity contribution in [3.63, 3.8) is 0 Å². The van der Waals surface area contributed by atoms with Crippen LogP contribution in [0.25, 0.3) is 10.2 Å². The van der Waals surface area contributed by atoms with Gasteiger partial charge in [0, 0.05) is 6.07 Å². The standard InChI is InChI=1S/C17H13F2N3O4S/c1-7-13-15(24)20-8(2)21-16(13)27-14(7)17(25)26-6-12(23)22-11-4-3-9(18)5-10(11)19/h3-5H,6H2,1-2H3,(H,22,23)(H,20,21,24). The lowest BCUT2D eigenvalue weighted by Crippen LogP contribution is -2.21. The molecule has 7 nitrogen and oxygen atoms in total. The molecule has 2 aromatic heterocycles. The molecule has 2 N–H and O–H groups in total. The number of amides is 1. The second-order valence-electron chi connectivity index (χ2n) is 5.64. The van der Waals surface area contributed by atoms with Crippen LogP contribution in [0.15, 0.2) is 23.0 Å². The van der Waals surface area contributed by atoms with Crippen LogP contribution >= 0.6 is 11.3 Å². The fourth-order valence-corrected chi connectivity index (χ4v) is 3.54. The van der Waals surface area contributed by atoms with Crippen molar-refractivity contribution < 1.29 is 23.1 Å². The molecule has 0 saturated heterocycles. The van der Waals surface area contributed by atoms with Gasteiger partial charge in [-0.15, -0.1) is 11.3 Å². The topological polar surface area (TPSA) is 101 Å². The Bertz CT molecular complexity index is 1120. The number of aromatic amines is 1. The van der Waals surface area contributed by atoms with Crippen LogP contribution in [0.1, 0.15) is 21.1 Å². The number of anilines is 1. The summed E-state index contributed by atoms with van der Waals surface area (Å²) >= 11 is 0.981. The lowest BCUT2D eigenvalue weighted by molar-refractivity contribution is -0.119. The molecule has 0 radical (unpaired) electrons. The second kappa shape index (κ2) is 7.23. The highest BCUT2D eigenvalue weighted by Crippen LogP contribution is 2.27. The lowest BCUT2D eigenvalue weighted by Gasteiger charge is -2.07. The van der Waals surface area contributed by atoms with Gasteiger partial charge < -0.3 is 15.0 Å². The van der Waals surface area contributed by atoms with Crippen molar-refractivity contribution in [2.45, 2.75) is 13.8 Å². The van der Waals surface area contributed by atoms with E-state index in [0.29, 0.717) is 22.3 Å². The Hall–Kier alpha value is -3.14. The minimum absolute atomic E-state index is 0.148. The van der Waals surface area contributed by atoms with E-state index in [1.807, 2.05) is 0 Å². The molecule has 0 aliphatic rings. The Morgan fingerprint density at radius 2 is 2.04 bits per heavy atom. The molecule has 0 unspecified atom stereocenters. The largest absolute Gasteiger partial charge is 0.451 e. The van der Waals surface area contributed by atoms with Crippen LogP contribution < -0.4 is 10.9 Å². The molecular weight excluding hydrogens is 380 g/mol. The third kappa shape index (κ3) is 3.85. The van der Waals surface area contributed by atoms with Crippen LogP contribution in [0.4, 0.5) is 14.5 Å². The van der Waals surface area contributed by atoms with E-state index in [4.69, 9.17) is 4.74 Å². The van der Waals surface area contributed by atoms with E-state index in [1.165, 1.54) is 0 Å². The molecule has 10 heteroatoms. The number of fused-ring (bicyclic) bond motifs is 1. The number of nitrogens with one attached hydrogen (secondary N) is 2. The average molecular weight is 393 g/mol. The van der Waals surface area contributed by atoms with Crippen LogP contribution in [-0.4, -0.2) is 28.5 Å². The minimum Gasteiger partial charge on any atom is -0.451 e. The molecule has 0 saturated carbocycles. The van der Waals surface area contributed by atoms with E-state index in [1.54, 1.807) is 13.8 Å². The number of aromatic nitrogens is 2. The maximum atomic E-state index is 13.5. The van der Waals surface area contributed by atoms with E-state index in [0.717, 1.165) is 23.5 Å². The zero-order valence-corrected chi connectivity index (χ0v) is 15.0. The quantitative estimate of drug-likeness (QED) is 0.664. The summed E-state index contributed by atoms with van der Waals surface area (Å²) in [4.78, 5) is 43.3. The van der Waals surface area contributed by atoms with Gasteiger partial charge in [0.15, 0.2) is 6.61 Å². The Labute approximate surface area is 155 Å². The molecular formula is C17H13F2N3O4S. The number of nitrogens with zero attached hydrogens (tertiary/aromatic N) is 1. The summed E-state index contributed by atoms with van der Waals surface area (Å²) in [5.41, 5.74) is -0.199. The zero-order chi connectivity index (χ0) is 19.7. The fraction of sp³-hybridized carbons (Fsp3) is 0.176. The molecule has 0 bridgehead atoms. The highest BCUT2D eigenvalue weighted by atomic mass is 32.1. The average Bonchev–Trinajstić information content (AvgIpc) is 2.92. The number of H-pyrrole nitrogens is 1. The SMILES string of the molecule is Cc1nc2sc(C(=O)OCC(=O)Nc3ccc(F)cc3F)c(C)c2c(=O)[nH]1. The number of thiophene rings is 1. The van der Waals surface area contributed by atoms with Gasteiger partial charge in [-0.2, -0.15) is 0 Å². The second-order valence-corrected chi connectivity index (χ2v) is 6.64. The molecule has 2 heterocycles. The van der Waals surface area contributed by atoms with Crippen molar-refractivity contribution in [3.8, 4) is 0 Å². The van der Waals surface area contributed by atoms with Crippen molar-refractivity contribution in [3.05, 3.63) is 56.5 Å². The number of esters is 1. The highest BCUT2D eigenvalue weighted by molar-refractivity contribution is 7.20. The fourth-order valence-electron chi connectivity index (χ4n) is 2.42. The number of hydrogen-bond acceptors (Lipinski definition) is 6. The number of carbonyl (C=O) groups excluding carboxylic acids is 2. The molecule has 0 atom stereocenters. The van der Waals surface area contributed by atoms with Crippen molar-refractivity contribution in [1.82, 2.24) is 9.97 Å². The van der Waals surface area contributed by atoms with E-state index in [-0.39, 0.29) is 21.5 Å². The van der Waals surface area contributed by atoms with Gasteiger partial charge in [0.05, 0.1) is 11.1 Å². The van der Waals surface area contributed by atoms with Gasteiger partial charge in [-0.3, -0.25) is 9.59 Å². The maximum Gasteiger partial charge on any atom is 0.349 e. The number of carbonyl (C=O) groups is 2. The summed E-state index contributed by atoms with van der Waals surface area (Å²) < 4.78 is 31.3. The molecule has 3 rings (SSSR count). The van der Waals surface area contributed by atoms with Crippen LogP contribution in [-0.2, 0) is 9.53 Å². The van der Waals surface area contributed by atoms with Gasteiger partial charge in [-0.25, -0.2) is 18.6 Å². The Balaban J connectivity index is 1.71. The predicted molar refractivity (Wildman–Crippen MR) is 95.0 cm³/mol. The summed E-state index contributed by atoms with van der Waals surface area (Å²) in [7, 11) is 0. The molecule has 0 aliphatic heterocycles. The smallest absolute Gasteiger partial charge is 0.349 e. The lowest BCUT2D eigenvalue weighted by atomic mass is 10.2. The highest BCUT2D eigenvalue weighted by Gasteiger charge is 2.21. The zero-order valence-electron chi connectivity index (χ0n) is 14.2. The molecule has 27 heavy (non-hydrogen) atoms. The summed E-state index contributed by atoms with van der Waals surface area (Å²) in [6.07, 6.45) is 0.